The molecule has 0 amide bonds. The number of nitrogens with zero attached hydrogens (tertiary/aromatic N) is 2. The Morgan fingerprint density at radius 2 is 1.35 bits per heavy atom. The van der Waals surface area contributed by atoms with Gasteiger partial charge in [0.05, 0.1) is 9.79 Å². The van der Waals surface area contributed by atoms with E-state index in [1.54, 1.807) is 6.07 Å². The lowest BCUT2D eigenvalue weighted by Crippen LogP contribution is -2.51. The molecule has 1 saturated heterocycles. The summed E-state index contributed by atoms with van der Waals surface area (Å²) in [7, 11) is -9.82. The van der Waals surface area contributed by atoms with E-state index in [9.17, 15) is 26.9 Å². The maximum absolute atomic E-state index is 13.0. The van der Waals surface area contributed by atoms with Crippen molar-refractivity contribution in [2.45, 2.75) is 9.79 Å². The Bertz CT molecular complexity index is 1180. The standard InChI is InChI=1S/C18H21BN2O8S2/c22-19(23)15-3-1-2-4-18(15)31(26,27)21-9-7-20(8-10-21)30(24,25)14-5-6-16-17(13-14)29-12-11-28-16/h1-6,13,22-23H,7-12H2. The van der Waals surface area contributed by atoms with E-state index in [0.29, 0.717) is 24.7 Å². The molecule has 166 valence electrons. The van der Waals surface area contributed by atoms with Gasteiger partial charge in [-0.3, -0.25) is 0 Å². The highest BCUT2D eigenvalue weighted by atomic mass is 32.2. The van der Waals surface area contributed by atoms with Crippen molar-refractivity contribution in [3.63, 3.8) is 0 Å². The minimum atomic E-state index is -4.03. The second-order valence-corrected chi connectivity index (χ2v) is 10.9. The molecule has 1 fully saturated rings. The largest absolute Gasteiger partial charge is 0.489 e. The Balaban J connectivity index is 1.52. The summed E-state index contributed by atoms with van der Waals surface area (Å²) in [6.07, 6.45) is 0. The Kier molecular flexibility index (Phi) is 5.98. The van der Waals surface area contributed by atoms with Gasteiger partial charge in [-0.15, -0.1) is 0 Å². The monoisotopic (exact) mass is 468 g/mol. The summed E-state index contributed by atoms with van der Waals surface area (Å²) in [6, 6.07) is 9.99. The SMILES string of the molecule is O=S(=O)(c1ccc2c(c1)OCCO2)N1CCN(S(=O)(=O)c2ccccc2B(O)O)CC1. The Labute approximate surface area is 180 Å². The summed E-state index contributed by atoms with van der Waals surface area (Å²) in [5, 5.41) is 19.0. The lowest BCUT2D eigenvalue weighted by atomic mass is 9.80. The van der Waals surface area contributed by atoms with Crippen molar-refractivity contribution >= 4 is 32.6 Å². The molecule has 0 radical (unpaired) electrons. The Hall–Kier alpha value is -2.16. The van der Waals surface area contributed by atoms with E-state index in [-0.39, 0.29) is 41.4 Å². The van der Waals surface area contributed by atoms with Gasteiger partial charge in [-0.2, -0.15) is 8.61 Å². The first-order valence-electron chi connectivity index (χ1n) is 9.56. The van der Waals surface area contributed by atoms with E-state index in [4.69, 9.17) is 9.47 Å². The molecule has 0 saturated carbocycles. The van der Waals surface area contributed by atoms with Gasteiger partial charge in [0.2, 0.25) is 20.0 Å². The van der Waals surface area contributed by atoms with Crippen molar-refractivity contribution in [3.8, 4) is 11.5 Å². The molecule has 2 N–H and O–H groups in total. The number of hydrogen-bond acceptors (Lipinski definition) is 8. The van der Waals surface area contributed by atoms with Crippen LogP contribution in [-0.4, -0.2) is 82.0 Å². The number of sulfonamides is 2. The maximum Gasteiger partial charge on any atom is 0.489 e. The van der Waals surface area contributed by atoms with Crippen molar-refractivity contribution in [3.05, 3.63) is 42.5 Å². The molecule has 0 spiro atoms. The lowest BCUT2D eigenvalue weighted by Gasteiger charge is -2.33. The zero-order chi connectivity index (χ0) is 22.2. The van der Waals surface area contributed by atoms with Crippen molar-refractivity contribution in [1.82, 2.24) is 8.61 Å². The Morgan fingerprint density at radius 3 is 2.00 bits per heavy atom. The summed E-state index contributed by atoms with van der Waals surface area (Å²) in [4.78, 5) is -0.171. The number of benzene rings is 2. The van der Waals surface area contributed by atoms with Gasteiger partial charge in [-0.05, 0) is 18.2 Å². The first-order chi connectivity index (χ1) is 14.7. The number of fused-ring (bicyclic) bond motifs is 1. The predicted octanol–water partition coefficient (Wildman–Crippen LogP) is -1.17. The van der Waals surface area contributed by atoms with Crippen molar-refractivity contribution in [1.29, 1.82) is 0 Å². The number of ether oxygens (including phenoxy) is 2. The van der Waals surface area contributed by atoms with Crippen molar-refractivity contribution < 1.29 is 36.4 Å². The fourth-order valence-corrected chi connectivity index (χ4v) is 6.63. The molecule has 2 aromatic rings. The zero-order valence-electron chi connectivity index (χ0n) is 16.4. The molecule has 2 aliphatic rings. The highest BCUT2D eigenvalue weighted by molar-refractivity contribution is 7.89. The van der Waals surface area contributed by atoms with Crippen LogP contribution in [0, 0.1) is 0 Å². The molecule has 2 heterocycles. The van der Waals surface area contributed by atoms with E-state index in [1.165, 1.54) is 40.7 Å². The molecular formula is C18H21BN2O8S2. The van der Waals surface area contributed by atoms with Gasteiger partial charge in [0.15, 0.2) is 11.5 Å². The molecule has 2 aliphatic heterocycles. The number of hydrogen-bond donors (Lipinski definition) is 2. The van der Waals surface area contributed by atoms with Gasteiger partial charge in [0, 0.05) is 37.7 Å². The molecular weight excluding hydrogens is 447 g/mol. The molecule has 4 rings (SSSR count). The summed E-state index contributed by atoms with van der Waals surface area (Å²) in [5.74, 6) is 0.832. The smallest absolute Gasteiger partial charge is 0.486 e. The van der Waals surface area contributed by atoms with Gasteiger partial charge in [-0.1, -0.05) is 18.2 Å². The third-order valence-corrected chi connectivity index (χ3v) is 9.03. The molecule has 0 unspecified atom stereocenters. The van der Waals surface area contributed by atoms with E-state index in [1.807, 2.05) is 0 Å². The molecule has 0 aliphatic carbocycles. The van der Waals surface area contributed by atoms with E-state index >= 15 is 0 Å². The number of rotatable bonds is 5. The third-order valence-electron chi connectivity index (χ3n) is 5.16. The van der Waals surface area contributed by atoms with Crippen LogP contribution < -0.4 is 14.9 Å². The highest BCUT2D eigenvalue weighted by Crippen LogP contribution is 2.33. The van der Waals surface area contributed by atoms with Crippen LogP contribution in [-0.2, 0) is 20.0 Å². The second kappa shape index (κ2) is 8.41. The molecule has 2 aromatic carbocycles. The van der Waals surface area contributed by atoms with Crippen LogP contribution in [0.5, 0.6) is 11.5 Å². The van der Waals surface area contributed by atoms with Crippen LogP contribution in [0.1, 0.15) is 0 Å². The van der Waals surface area contributed by atoms with Crippen LogP contribution in [0.4, 0.5) is 0 Å². The minimum absolute atomic E-state index is 0.0418. The number of piperazine rings is 1. The zero-order valence-corrected chi connectivity index (χ0v) is 18.0. The lowest BCUT2D eigenvalue weighted by molar-refractivity contribution is 0.171. The van der Waals surface area contributed by atoms with Gasteiger partial charge in [0.1, 0.15) is 13.2 Å². The first-order valence-corrected chi connectivity index (χ1v) is 12.4. The maximum atomic E-state index is 13.0. The minimum Gasteiger partial charge on any atom is -0.486 e. The van der Waals surface area contributed by atoms with Crippen LogP contribution in [0.25, 0.3) is 0 Å². The van der Waals surface area contributed by atoms with E-state index < -0.39 is 27.2 Å². The molecule has 31 heavy (non-hydrogen) atoms. The van der Waals surface area contributed by atoms with Gasteiger partial charge < -0.3 is 19.5 Å². The third kappa shape index (κ3) is 4.16. The molecule has 13 heteroatoms. The molecule has 0 atom stereocenters. The van der Waals surface area contributed by atoms with E-state index in [2.05, 4.69) is 0 Å². The predicted molar refractivity (Wildman–Crippen MR) is 111 cm³/mol. The summed E-state index contributed by atoms with van der Waals surface area (Å²) >= 11 is 0. The van der Waals surface area contributed by atoms with Crippen molar-refractivity contribution in [2.75, 3.05) is 39.4 Å². The average Bonchev–Trinajstić information content (AvgIpc) is 2.78. The highest BCUT2D eigenvalue weighted by Gasteiger charge is 2.36. The fourth-order valence-electron chi connectivity index (χ4n) is 3.55. The Morgan fingerprint density at radius 1 is 0.774 bits per heavy atom. The second-order valence-electron chi connectivity index (χ2n) is 7.03. The van der Waals surface area contributed by atoms with Crippen molar-refractivity contribution in [2.24, 2.45) is 0 Å². The summed E-state index contributed by atoms with van der Waals surface area (Å²) in [5.41, 5.74) is -0.131. The average molecular weight is 468 g/mol. The normalized spacial score (nSPS) is 18.0. The van der Waals surface area contributed by atoms with Gasteiger partial charge in [0.25, 0.3) is 0 Å². The fraction of sp³-hybridized carbons (Fsp3) is 0.333. The van der Waals surface area contributed by atoms with Crippen LogP contribution in [0.15, 0.2) is 52.3 Å². The summed E-state index contributed by atoms with van der Waals surface area (Å²) in [6.45, 7) is 0.507. The first kappa shape index (κ1) is 22.1. The molecule has 0 aromatic heterocycles. The van der Waals surface area contributed by atoms with Gasteiger partial charge >= 0.3 is 7.12 Å². The molecule has 0 bridgehead atoms. The summed E-state index contributed by atoms with van der Waals surface area (Å²) < 4.78 is 65.3. The quantitative estimate of drug-likeness (QED) is 0.525. The van der Waals surface area contributed by atoms with Crippen LogP contribution in [0.3, 0.4) is 0 Å². The topological polar surface area (TPSA) is 134 Å². The van der Waals surface area contributed by atoms with Gasteiger partial charge in [-0.25, -0.2) is 16.8 Å². The van der Waals surface area contributed by atoms with Crippen LogP contribution >= 0.6 is 0 Å². The molecule has 10 nitrogen and oxygen atoms in total. The van der Waals surface area contributed by atoms with Crippen LogP contribution in [0.2, 0.25) is 0 Å². The van der Waals surface area contributed by atoms with E-state index in [0.717, 1.165) is 4.31 Å².